The molecule has 6 nitrogen and oxygen atoms in total. The number of carbonyl (C=O) groups is 1. The van der Waals surface area contributed by atoms with E-state index in [-0.39, 0.29) is 22.5 Å². The first-order valence-electron chi connectivity index (χ1n) is 6.71. The van der Waals surface area contributed by atoms with Gasteiger partial charge in [-0.25, -0.2) is 8.42 Å². The highest BCUT2D eigenvalue weighted by Crippen LogP contribution is 2.43. The maximum absolute atomic E-state index is 12.2. The molecule has 1 unspecified atom stereocenters. The SMILES string of the molecule is CC(NC(=O)c1n[nH]c(C2CC2)c1S(=O)(=O)Cl)C1CC1. The number of hydrogen-bond donors (Lipinski definition) is 2. The fourth-order valence-electron chi connectivity index (χ4n) is 2.38. The first-order chi connectivity index (χ1) is 9.38. The van der Waals surface area contributed by atoms with E-state index >= 15 is 0 Å². The monoisotopic (exact) mass is 317 g/mol. The normalized spacial score (nSPS) is 20.7. The second-order valence-electron chi connectivity index (χ2n) is 5.63. The highest BCUT2D eigenvalue weighted by atomic mass is 35.7. The fraction of sp³-hybridized carbons (Fsp3) is 0.667. The summed E-state index contributed by atoms with van der Waals surface area (Å²) in [5.41, 5.74) is 0.346. The van der Waals surface area contributed by atoms with Crippen molar-refractivity contribution in [2.24, 2.45) is 5.92 Å². The minimum atomic E-state index is -3.99. The van der Waals surface area contributed by atoms with Crippen LogP contribution in [0.15, 0.2) is 4.90 Å². The summed E-state index contributed by atoms with van der Waals surface area (Å²) in [6, 6.07) is 0.0226. The molecule has 1 atom stereocenters. The zero-order valence-corrected chi connectivity index (χ0v) is 12.6. The van der Waals surface area contributed by atoms with E-state index in [0.717, 1.165) is 25.7 Å². The van der Waals surface area contributed by atoms with E-state index in [4.69, 9.17) is 10.7 Å². The smallest absolute Gasteiger partial charge is 0.273 e. The lowest BCUT2D eigenvalue weighted by atomic mass is 10.2. The van der Waals surface area contributed by atoms with Crippen molar-refractivity contribution < 1.29 is 13.2 Å². The molecule has 2 saturated carbocycles. The van der Waals surface area contributed by atoms with Gasteiger partial charge < -0.3 is 5.32 Å². The van der Waals surface area contributed by atoms with Gasteiger partial charge >= 0.3 is 0 Å². The predicted octanol–water partition coefficient (Wildman–Crippen LogP) is 1.74. The Bertz CT molecular complexity index is 647. The molecule has 1 heterocycles. The van der Waals surface area contributed by atoms with Gasteiger partial charge in [0.2, 0.25) is 0 Å². The lowest BCUT2D eigenvalue weighted by molar-refractivity contribution is 0.0927. The standard InChI is InChI=1S/C12H16ClN3O3S/c1-6(7-2-3-7)14-12(17)10-11(20(13,18)19)9(15-16-10)8-4-5-8/h6-8H,2-5H2,1H3,(H,14,17)(H,15,16). The third-order valence-electron chi connectivity index (χ3n) is 3.88. The van der Waals surface area contributed by atoms with Gasteiger partial charge in [0, 0.05) is 22.6 Å². The maximum atomic E-state index is 12.2. The van der Waals surface area contributed by atoms with Crippen molar-refractivity contribution in [2.45, 2.75) is 49.5 Å². The quantitative estimate of drug-likeness (QED) is 0.809. The highest BCUT2D eigenvalue weighted by molar-refractivity contribution is 8.13. The molecule has 0 spiro atoms. The maximum Gasteiger partial charge on any atom is 0.273 e. The molecular weight excluding hydrogens is 302 g/mol. The Kier molecular flexibility index (Phi) is 3.29. The van der Waals surface area contributed by atoms with E-state index in [1.54, 1.807) is 0 Å². The lowest BCUT2D eigenvalue weighted by Gasteiger charge is -2.11. The molecule has 1 aromatic heterocycles. The average Bonchev–Trinajstić information content (AvgIpc) is 3.23. The van der Waals surface area contributed by atoms with E-state index in [2.05, 4.69) is 15.5 Å². The molecule has 1 amide bonds. The van der Waals surface area contributed by atoms with Crippen molar-refractivity contribution in [1.29, 1.82) is 0 Å². The highest BCUT2D eigenvalue weighted by Gasteiger charge is 2.37. The van der Waals surface area contributed by atoms with Gasteiger partial charge in [0.1, 0.15) is 4.90 Å². The number of hydrogen-bond acceptors (Lipinski definition) is 4. The second-order valence-corrected chi connectivity index (χ2v) is 8.13. The third kappa shape index (κ3) is 2.69. The molecule has 0 saturated heterocycles. The molecule has 1 aromatic rings. The van der Waals surface area contributed by atoms with Crippen molar-refractivity contribution in [1.82, 2.24) is 15.5 Å². The Morgan fingerprint density at radius 2 is 2.05 bits per heavy atom. The van der Waals surface area contributed by atoms with Crippen LogP contribution in [-0.2, 0) is 9.05 Å². The number of halogens is 1. The second kappa shape index (κ2) is 4.73. The molecule has 2 N–H and O–H groups in total. The van der Waals surface area contributed by atoms with Gasteiger partial charge in [0.25, 0.3) is 15.0 Å². The molecule has 2 fully saturated rings. The van der Waals surface area contributed by atoms with Crippen LogP contribution < -0.4 is 5.32 Å². The summed E-state index contributed by atoms with van der Waals surface area (Å²) in [6.45, 7) is 1.92. The third-order valence-corrected chi connectivity index (χ3v) is 5.24. The average molecular weight is 318 g/mol. The fourth-order valence-corrected chi connectivity index (χ4v) is 3.70. The lowest BCUT2D eigenvalue weighted by Crippen LogP contribution is -2.34. The van der Waals surface area contributed by atoms with Gasteiger partial charge in [-0.05, 0) is 38.5 Å². The number of rotatable bonds is 5. The summed E-state index contributed by atoms with van der Waals surface area (Å²) >= 11 is 0. The Balaban J connectivity index is 1.90. The molecular formula is C12H16ClN3O3S. The van der Waals surface area contributed by atoms with Crippen LogP contribution in [0.1, 0.15) is 54.7 Å². The Morgan fingerprint density at radius 3 is 2.55 bits per heavy atom. The van der Waals surface area contributed by atoms with Crippen LogP contribution >= 0.6 is 10.7 Å². The number of aromatic nitrogens is 2. The van der Waals surface area contributed by atoms with E-state index in [1.807, 2.05) is 6.92 Å². The Labute approximate surface area is 121 Å². The summed E-state index contributed by atoms with van der Waals surface area (Å²) in [4.78, 5) is 12.0. The molecule has 110 valence electrons. The number of nitrogens with zero attached hydrogens (tertiary/aromatic N) is 1. The Hall–Kier alpha value is -1.08. The van der Waals surface area contributed by atoms with E-state index in [1.165, 1.54) is 0 Å². The molecule has 3 rings (SSSR count). The zero-order chi connectivity index (χ0) is 14.5. The van der Waals surface area contributed by atoms with Gasteiger partial charge in [-0.2, -0.15) is 5.10 Å². The van der Waals surface area contributed by atoms with Crippen molar-refractivity contribution >= 4 is 25.6 Å². The van der Waals surface area contributed by atoms with Gasteiger partial charge in [-0.3, -0.25) is 9.89 Å². The minimum absolute atomic E-state index is 0.0226. The summed E-state index contributed by atoms with van der Waals surface area (Å²) in [7, 11) is 1.48. The molecule has 0 bridgehead atoms. The van der Waals surface area contributed by atoms with Crippen molar-refractivity contribution in [3.8, 4) is 0 Å². The van der Waals surface area contributed by atoms with Crippen LogP contribution in [-0.4, -0.2) is 30.6 Å². The van der Waals surface area contributed by atoms with Crippen LogP contribution in [0.25, 0.3) is 0 Å². The number of carbonyl (C=O) groups excluding carboxylic acids is 1. The van der Waals surface area contributed by atoms with Crippen LogP contribution in [0.4, 0.5) is 0 Å². The topological polar surface area (TPSA) is 91.9 Å². The van der Waals surface area contributed by atoms with E-state index in [0.29, 0.717) is 11.6 Å². The predicted molar refractivity (Wildman–Crippen MR) is 73.3 cm³/mol. The Morgan fingerprint density at radius 1 is 1.40 bits per heavy atom. The molecule has 8 heteroatoms. The first-order valence-corrected chi connectivity index (χ1v) is 9.02. The number of amides is 1. The van der Waals surface area contributed by atoms with Gasteiger partial charge in [-0.15, -0.1) is 0 Å². The summed E-state index contributed by atoms with van der Waals surface area (Å²) in [6.07, 6.45) is 3.97. The van der Waals surface area contributed by atoms with Crippen LogP contribution in [0.2, 0.25) is 0 Å². The van der Waals surface area contributed by atoms with E-state index < -0.39 is 15.0 Å². The van der Waals surface area contributed by atoms with Gasteiger partial charge in [-0.1, -0.05) is 0 Å². The van der Waals surface area contributed by atoms with E-state index in [9.17, 15) is 13.2 Å². The summed E-state index contributed by atoms with van der Waals surface area (Å²) < 4.78 is 23.5. The van der Waals surface area contributed by atoms with Crippen molar-refractivity contribution in [3.05, 3.63) is 11.4 Å². The number of H-pyrrole nitrogens is 1. The van der Waals surface area contributed by atoms with Crippen molar-refractivity contribution in [2.75, 3.05) is 0 Å². The van der Waals surface area contributed by atoms with Crippen molar-refractivity contribution in [3.63, 3.8) is 0 Å². The largest absolute Gasteiger partial charge is 0.348 e. The zero-order valence-electron chi connectivity index (χ0n) is 11.0. The van der Waals surface area contributed by atoms with Gasteiger partial charge in [0.15, 0.2) is 5.69 Å². The minimum Gasteiger partial charge on any atom is -0.348 e. The van der Waals surface area contributed by atoms with Gasteiger partial charge in [0.05, 0.1) is 5.69 Å². The van der Waals surface area contributed by atoms with Crippen LogP contribution in [0.3, 0.4) is 0 Å². The molecule has 2 aliphatic carbocycles. The summed E-state index contributed by atoms with van der Waals surface area (Å²) in [5, 5.41) is 9.34. The molecule has 0 aliphatic heterocycles. The van der Waals surface area contributed by atoms with Crippen LogP contribution in [0.5, 0.6) is 0 Å². The first kappa shape index (κ1) is 13.9. The molecule has 20 heavy (non-hydrogen) atoms. The molecule has 0 radical (unpaired) electrons. The number of nitrogens with one attached hydrogen (secondary N) is 2. The summed E-state index contributed by atoms with van der Waals surface area (Å²) in [5.74, 6) is 0.122. The molecule has 2 aliphatic rings. The molecule has 0 aromatic carbocycles. The van der Waals surface area contributed by atoms with Crippen LogP contribution in [0, 0.1) is 5.92 Å². The number of aromatic amines is 1.